The number of amides is 1. The van der Waals surface area contributed by atoms with Crippen molar-refractivity contribution in [3.8, 4) is 11.5 Å². The number of nitrogens with zero attached hydrogens (tertiary/aromatic N) is 1. The average Bonchev–Trinajstić information content (AvgIpc) is 2.90. The van der Waals surface area contributed by atoms with Crippen molar-refractivity contribution in [3.63, 3.8) is 0 Å². The Morgan fingerprint density at radius 3 is 2.58 bits per heavy atom. The van der Waals surface area contributed by atoms with E-state index in [1.54, 1.807) is 24.1 Å². The molecular formula is C27H24Cl2N2O5. The van der Waals surface area contributed by atoms with E-state index >= 15 is 0 Å². The molecule has 2 aliphatic rings. The van der Waals surface area contributed by atoms with Crippen LogP contribution in [-0.2, 0) is 33.9 Å². The number of nitrogens with one attached hydrogen (secondary N) is 1. The molecule has 186 valence electrons. The Morgan fingerprint density at radius 1 is 1.08 bits per heavy atom. The van der Waals surface area contributed by atoms with Gasteiger partial charge in [0.25, 0.3) is 5.91 Å². The molecule has 0 aliphatic carbocycles. The van der Waals surface area contributed by atoms with Crippen molar-refractivity contribution < 1.29 is 23.8 Å². The topological polar surface area (TPSA) is 77.1 Å². The first-order valence-electron chi connectivity index (χ1n) is 11.4. The van der Waals surface area contributed by atoms with Gasteiger partial charge in [0.2, 0.25) is 6.10 Å². The van der Waals surface area contributed by atoms with Crippen molar-refractivity contribution >= 4 is 40.8 Å². The van der Waals surface area contributed by atoms with E-state index in [-0.39, 0.29) is 11.9 Å². The number of hydrogen-bond acceptors (Lipinski definition) is 6. The third-order valence-corrected chi connectivity index (χ3v) is 7.20. The Labute approximate surface area is 218 Å². The van der Waals surface area contributed by atoms with Gasteiger partial charge < -0.3 is 24.4 Å². The lowest BCUT2D eigenvalue weighted by Gasteiger charge is -2.34. The van der Waals surface area contributed by atoms with Crippen LogP contribution in [0, 0.1) is 0 Å². The summed E-state index contributed by atoms with van der Waals surface area (Å²) in [5.74, 6) is 0.801. The molecule has 0 fully saturated rings. The van der Waals surface area contributed by atoms with Crippen LogP contribution in [0.2, 0.25) is 10.0 Å². The second kappa shape index (κ2) is 10.0. The molecule has 36 heavy (non-hydrogen) atoms. The number of anilines is 1. The molecule has 0 saturated carbocycles. The molecule has 2 aliphatic heterocycles. The van der Waals surface area contributed by atoms with Crippen LogP contribution in [0.15, 0.2) is 54.6 Å². The minimum absolute atomic E-state index is 0.176. The summed E-state index contributed by atoms with van der Waals surface area (Å²) in [5, 5.41) is 4.17. The van der Waals surface area contributed by atoms with E-state index in [0.29, 0.717) is 46.8 Å². The SMILES string of the molecule is COC(=O)[C@@H]1Cc2cc3c(cc2CN1)O[C@@H](c1ccc(OCc2ccc(Cl)c(Cl)c2)cc1)C(=O)N3C. The van der Waals surface area contributed by atoms with Crippen molar-refractivity contribution in [2.75, 3.05) is 19.1 Å². The number of methoxy groups -OCH3 is 1. The lowest BCUT2D eigenvalue weighted by Crippen LogP contribution is -2.43. The second-order valence-corrected chi connectivity index (χ2v) is 9.57. The fourth-order valence-electron chi connectivity index (χ4n) is 4.42. The maximum absolute atomic E-state index is 13.2. The molecule has 0 saturated heterocycles. The van der Waals surface area contributed by atoms with Gasteiger partial charge in [-0.1, -0.05) is 41.4 Å². The van der Waals surface area contributed by atoms with E-state index < -0.39 is 12.1 Å². The summed E-state index contributed by atoms with van der Waals surface area (Å²) < 4.78 is 16.9. The van der Waals surface area contributed by atoms with Crippen molar-refractivity contribution in [1.29, 1.82) is 0 Å². The van der Waals surface area contributed by atoms with Gasteiger partial charge in [0.1, 0.15) is 24.1 Å². The van der Waals surface area contributed by atoms with Crippen LogP contribution in [-0.4, -0.2) is 32.1 Å². The number of likely N-dealkylation sites (N-methyl/N-ethyl adjacent to an activating group) is 1. The third kappa shape index (κ3) is 4.74. The predicted octanol–water partition coefficient (Wildman–Crippen LogP) is 4.86. The van der Waals surface area contributed by atoms with Crippen LogP contribution >= 0.6 is 23.2 Å². The number of carbonyl (C=O) groups excluding carboxylic acids is 2. The Hall–Kier alpha value is -3.26. The Balaban J connectivity index is 1.31. The van der Waals surface area contributed by atoms with Crippen LogP contribution in [0.3, 0.4) is 0 Å². The summed E-state index contributed by atoms with van der Waals surface area (Å²) in [5.41, 5.74) is 4.32. The lowest BCUT2D eigenvalue weighted by molar-refractivity contribution is -0.143. The fourth-order valence-corrected chi connectivity index (χ4v) is 4.74. The zero-order valence-electron chi connectivity index (χ0n) is 19.7. The van der Waals surface area contributed by atoms with Crippen molar-refractivity contribution in [3.05, 3.63) is 86.9 Å². The fraction of sp³-hybridized carbons (Fsp3) is 0.259. The zero-order valence-corrected chi connectivity index (χ0v) is 21.2. The maximum atomic E-state index is 13.2. The quantitative estimate of drug-likeness (QED) is 0.478. The maximum Gasteiger partial charge on any atom is 0.323 e. The number of rotatable bonds is 5. The normalized spacial score (nSPS) is 18.7. The number of hydrogen-bond donors (Lipinski definition) is 1. The molecular weight excluding hydrogens is 503 g/mol. The molecule has 9 heteroatoms. The molecule has 7 nitrogen and oxygen atoms in total. The number of halogens is 2. The molecule has 2 heterocycles. The summed E-state index contributed by atoms with van der Waals surface area (Å²) >= 11 is 12.0. The number of carbonyl (C=O) groups is 2. The van der Waals surface area contributed by atoms with Gasteiger partial charge in [0, 0.05) is 19.2 Å². The Kier molecular flexibility index (Phi) is 6.79. The largest absolute Gasteiger partial charge is 0.489 e. The molecule has 0 radical (unpaired) electrons. The molecule has 3 aromatic carbocycles. The van der Waals surface area contributed by atoms with E-state index in [0.717, 1.165) is 22.3 Å². The highest BCUT2D eigenvalue weighted by Gasteiger charge is 2.35. The number of ether oxygens (including phenoxy) is 3. The lowest BCUT2D eigenvalue weighted by atomic mass is 9.93. The van der Waals surface area contributed by atoms with E-state index in [9.17, 15) is 9.59 Å². The van der Waals surface area contributed by atoms with Gasteiger partial charge >= 0.3 is 5.97 Å². The first-order valence-corrected chi connectivity index (χ1v) is 12.2. The van der Waals surface area contributed by atoms with Gasteiger partial charge in [-0.05, 0) is 59.5 Å². The van der Waals surface area contributed by atoms with E-state index in [1.807, 2.05) is 42.5 Å². The highest BCUT2D eigenvalue weighted by atomic mass is 35.5. The molecule has 1 amide bonds. The van der Waals surface area contributed by atoms with Gasteiger partial charge in [-0.2, -0.15) is 0 Å². The van der Waals surface area contributed by atoms with Gasteiger partial charge in [-0.25, -0.2) is 0 Å². The van der Waals surface area contributed by atoms with Gasteiger partial charge in [-0.15, -0.1) is 0 Å². The van der Waals surface area contributed by atoms with Crippen molar-refractivity contribution in [2.45, 2.75) is 31.7 Å². The van der Waals surface area contributed by atoms with Gasteiger partial charge in [0.15, 0.2) is 0 Å². The second-order valence-electron chi connectivity index (χ2n) is 8.75. The summed E-state index contributed by atoms with van der Waals surface area (Å²) in [6.45, 7) is 0.847. The van der Waals surface area contributed by atoms with E-state index in [2.05, 4.69) is 5.32 Å². The Morgan fingerprint density at radius 2 is 1.86 bits per heavy atom. The predicted molar refractivity (Wildman–Crippen MR) is 137 cm³/mol. The van der Waals surface area contributed by atoms with Gasteiger partial charge in [0.05, 0.1) is 22.8 Å². The smallest absolute Gasteiger partial charge is 0.323 e. The van der Waals surface area contributed by atoms with Gasteiger partial charge in [-0.3, -0.25) is 9.59 Å². The molecule has 3 aromatic rings. The van der Waals surface area contributed by atoms with Crippen LogP contribution in [0.25, 0.3) is 0 Å². The highest BCUT2D eigenvalue weighted by molar-refractivity contribution is 6.42. The average molecular weight is 527 g/mol. The summed E-state index contributed by atoms with van der Waals surface area (Å²) in [6.07, 6.45) is -0.284. The first-order chi connectivity index (χ1) is 17.3. The standard InChI is InChI=1S/C27H24Cl2N2O5/c1-31-23-11-17-10-22(27(33)34-2)30-13-18(17)12-24(23)36-25(26(31)32)16-4-6-19(7-5-16)35-14-15-3-8-20(28)21(29)9-15/h3-9,11-12,22,25,30H,10,13-14H2,1-2H3/t22-,25-/m0/s1. The highest BCUT2D eigenvalue weighted by Crippen LogP contribution is 2.41. The zero-order chi connectivity index (χ0) is 25.4. The molecule has 1 N–H and O–H groups in total. The van der Waals surface area contributed by atoms with Crippen LogP contribution in [0.4, 0.5) is 5.69 Å². The van der Waals surface area contributed by atoms with Crippen molar-refractivity contribution in [2.24, 2.45) is 0 Å². The molecule has 5 rings (SSSR count). The first kappa shape index (κ1) is 24.4. The molecule has 0 spiro atoms. The molecule has 0 unspecified atom stereocenters. The Bertz CT molecular complexity index is 1330. The minimum atomic E-state index is -0.774. The number of esters is 1. The number of benzene rings is 3. The monoisotopic (exact) mass is 526 g/mol. The summed E-state index contributed by atoms with van der Waals surface area (Å²) in [6, 6.07) is 16.1. The molecule has 0 bridgehead atoms. The van der Waals surface area contributed by atoms with Crippen molar-refractivity contribution in [1.82, 2.24) is 5.32 Å². The minimum Gasteiger partial charge on any atom is -0.489 e. The third-order valence-electron chi connectivity index (χ3n) is 6.46. The van der Waals surface area contributed by atoms with Crippen LogP contribution in [0.1, 0.15) is 28.4 Å². The molecule has 2 atom stereocenters. The number of fused-ring (bicyclic) bond motifs is 2. The summed E-state index contributed by atoms with van der Waals surface area (Å²) in [7, 11) is 3.11. The van der Waals surface area contributed by atoms with Crippen LogP contribution in [0.5, 0.6) is 11.5 Å². The van der Waals surface area contributed by atoms with Crippen LogP contribution < -0.4 is 19.7 Å². The van der Waals surface area contributed by atoms with E-state index in [4.69, 9.17) is 37.4 Å². The van der Waals surface area contributed by atoms with E-state index in [1.165, 1.54) is 7.11 Å². The summed E-state index contributed by atoms with van der Waals surface area (Å²) in [4.78, 5) is 26.7. The molecule has 0 aromatic heterocycles.